The molecule has 0 aliphatic carbocycles. The maximum absolute atomic E-state index is 13.0. The number of sulfonamides is 1. The lowest BCUT2D eigenvalue weighted by molar-refractivity contribution is -0.116. The van der Waals surface area contributed by atoms with Gasteiger partial charge in [0.25, 0.3) is 10.0 Å². The van der Waals surface area contributed by atoms with Gasteiger partial charge in [-0.2, -0.15) is 0 Å². The topological polar surface area (TPSA) is 80.5 Å². The van der Waals surface area contributed by atoms with Crippen LogP contribution in [0.25, 0.3) is 0 Å². The van der Waals surface area contributed by atoms with E-state index in [1.54, 1.807) is 24.3 Å². The zero-order chi connectivity index (χ0) is 16.3. The minimum atomic E-state index is -4.03. The van der Waals surface area contributed by atoms with Crippen molar-refractivity contribution in [3.63, 3.8) is 0 Å². The predicted molar refractivity (Wildman–Crippen MR) is 89.3 cm³/mol. The third kappa shape index (κ3) is 3.55. The van der Waals surface area contributed by atoms with Crippen molar-refractivity contribution >= 4 is 44.2 Å². The summed E-state index contributed by atoms with van der Waals surface area (Å²) in [5, 5.41) is 0. The van der Waals surface area contributed by atoms with Gasteiger partial charge < -0.3 is 5.73 Å². The number of anilines is 1. The second-order valence-corrected chi connectivity index (χ2v) is 7.41. The van der Waals surface area contributed by atoms with Crippen molar-refractivity contribution in [2.24, 2.45) is 5.73 Å². The van der Waals surface area contributed by atoms with Gasteiger partial charge >= 0.3 is 0 Å². The third-order valence-electron chi connectivity index (χ3n) is 2.82. The van der Waals surface area contributed by atoms with Crippen LogP contribution in [0.2, 0.25) is 0 Å². The summed E-state index contributed by atoms with van der Waals surface area (Å²) < 4.78 is 40.0. The van der Waals surface area contributed by atoms with Crippen LogP contribution < -0.4 is 10.0 Å². The molecular formula is C14H12FIN2O3S. The molecule has 5 nitrogen and oxygen atoms in total. The summed E-state index contributed by atoms with van der Waals surface area (Å²) in [5.74, 6) is -1.33. The van der Waals surface area contributed by atoms with Crippen LogP contribution in [0.5, 0.6) is 0 Å². The Bertz CT molecular complexity index is 794. The van der Waals surface area contributed by atoms with Gasteiger partial charge in [0.1, 0.15) is 12.4 Å². The number of benzene rings is 2. The Labute approximate surface area is 141 Å². The Morgan fingerprint density at radius 2 is 1.73 bits per heavy atom. The number of primary amides is 1. The molecule has 0 saturated heterocycles. The summed E-state index contributed by atoms with van der Waals surface area (Å²) in [6.07, 6.45) is 0. The van der Waals surface area contributed by atoms with Crippen LogP contribution in [0.1, 0.15) is 0 Å². The zero-order valence-corrected chi connectivity index (χ0v) is 14.2. The van der Waals surface area contributed by atoms with Crippen LogP contribution in [-0.4, -0.2) is 20.9 Å². The van der Waals surface area contributed by atoms with Gasteiger partial charge in [0.2, 0.25) is 5.91 Å². The number of hydrogen-bond donors (Lipinski definition) is 1. The van der Waals surface area contributed by atoms with Crippen LogP contribution >= 0.6 is 22.6 Å². The highest BCUT2D eigenvalue weighted by Crippen LogP contribution is 2.27. The number of para-hydroxylation sites is 1. The predicted octanol–water partition coefficient (Wildman–Crippen LogP) is 2.11. The normalized spacial score (nSPS) is 11.2. The molecule has 0 aliphatic heterocycles. The quantitative estimate of drug-likeness (QED) is 0.733. The molecule has 0 fully saturated rings. The summed E-state index contributed by atoms with van der Waals surface area (Å²) in [6, 6.07) is 11.1. The fraction of sp³-hybridized carbons (Fsp3) is 0.0714. The molecule has 116 valence electrons. The van der Waals surface area contributed by atoms with Crippen molar-refractivity contribution in [3.05, 3.63) is 57.9 Å². The van der Waals surface area contributed by atoms with Gasteiger partial charge in [-0.25, -0.2) is 12.8 Å². The Balaban J connectivity index is 2.56. The molecule has 0 bridgehead atoms. The number of hydrogen-bond acceptors (Lipinski definition) is 3. The molecule has 2 aromatic rings. The molecule has 8 heteroatoms. The minimum Gasteiger partial charge on any atom is -0.368 e. The molecule has 0 aliphatic rings. The lowest BCUT2D eigenvalue weighted by Gasteiger charge is -2.24. The van der Waals surface area contributed by atoms with Crippen LogP contribution in [-0.2, 0) is 14.8 Å². The molecule has 1 amide bonds. The van der Waals surface area contributed by atoms with Crippen LogP contribution in [0.4, 0.5) is 10.1 Å². The number of amides is 1. The van der Waals surface area contributed by atoms with E-state index in [1.165, 1.54) is 0 Å². The monoisotopic (exact) mass is 434 g/mol. The molecule has 0 atom stereocenters. The standard InChI is InChI=1S/C14H12FIN2O3S/c15-10-5-7-11(8-6-10)22(20,21)18(9-14(17)19)13-4-2-1-3-12(13)16/h1-8H,9H2,(H2,17,19). The molecule has 2 rings (SSSR count). The molecule has 0 radical (unpaired) electrons. The number of carbonyl (C=O) groups excluding carboxylic acids is 1. The van der Waals surface area contributed by atoms with Crippen molar-refractivity contribution < 1.29 is 17.6 Å². The molecule has 0 heterocycles. The highest BCUT2D eigenvalue weighted by Gasteiger charge is 2.27. The summed E-state index contributed by atoms with van der Waals surface area (Å²) in [7, 11) is -4.03. The fourth-order valence-electron chi connectivity index (χ4n) is 1.83. The second kappa shape index (κ2) is 6.61. The second-order valence-electron chi connectivity index (χ2n) is 4.38. The highest BCUT2D eigenvalue weighted by molar-refractivity contribution is 14.1. The number of carbonyl (C=O) groups is 1. The van der Waals surface area contributed by atoms with E-state index >= 15 is 0 Å². The zero-order valence-electron chi connectivity index (χ0n) is 11.2. The minimum absolute atomic E-state index is 0.116. The van der Waals surface area contributed by atoms with E-state index in [0.29, 0.717) is 9.26 Å². The van der Waals surface area contributed by atoms with Crippen LogP contribution in [0.3, 0.4) is 0 Å². The average molecular weight is 434 g/mol. The van der Waals surface area contributed by atoms with Crippen molar-refractivity contribution in [1.82, 2.24) is 0 Å². The molecule has 0 aromatic heterocycles. The molecule has 22 heavy (non-hydrogen) atoms. The van der Waals surface area contributed by atoms with Crippen molar-refractivity contribution in [1.29, 1.82) is 0 Å². The largest absolute Gasteiger partial charge is 0.368 e. The molecule has 0 unspecified atom stereocenters. The molecule has 0 spiro atoms. The van der Waals surface area contributed by atoms with E-state index in [1.807, 2.05) is 22.6 Å². The van der Waals surface area contributed by atoms with E-state index in [9.17, 15) is 17.6 Å². The fourth-order valence-corrected chi connectivity index (χ4v) is 4.12. The third-order valence-corrected chi connectivity index (χ3v) is 5.51. The van der Waals surface area contributed by atoms with E-state index in [2.05, 4.69) is 0 Å². The van der Waals surface area contributed by atoms with Crippen LogP contribution in [0.15, 0.2) is 53.4 Å². The van der Waals surface area contributed by atoms with E-state index in [0.717, 1.165) is 28.6 Å². The van der Waals surface area contributed by atoms with Gasteiger partial charge in [-0.1, -0.05) is 12.1 Å². The number of halogens is 2. The van der Waals surface area contributed by atoms with Crippen LogP contribution in [0, 0.1) is 9.39 Å². The molecule has 2 aromatic carbocycles. The first-order valence-electron chi connectivity index (χ1n) is 6.13. The van der Waals surface area contributed by atoms with E-state index in [-0.39, 0.29) is 4.90 Å². The highest BCUT2D eigenvalue weighted by atomic mass is 127. The SMILES string of the molecule is NC(=O)CN(c1ccccc1I)S(=O)(=O)c1ccc(F)cc1. The van der Waals surface area contributed by atoms with Gasteiger partial charge in [0.05, 0.1) is 10.6 Å². The van der Waals surface area contributed by atoms with Gasteiger partial charge in [-0.15, -0.1) is 0 Å². The Morgan fingerprint density at radius 3 is 2.27 bits per heavy atom. The van der Waals surface area contributed by atoms with Gasteiger partial charge in [0, 0.05) is 3.57 Å². The van der Waals surface area contributed by atoms with Crippen molar-refractivity contribution in [2.75, 3.05) is 10.8 Å². The summed E-state index contributed by atoms with van der Waals surface area (Å²) >= 11 is 1.97. The van der Waals surface area contributed by atoms with E-state index < -0.39 is 28.3 Å². The molecular weight excluding hydrogens is 422 g/mol. The molecule has 0 saturated carbocycles. The first-order chi connectivity index (χ1) is 10.3. The Hall–Kier alpha value is -1.68. The van der Waals surface area contributed by atoms with Gasteiger partial charge in [0.15, 0.2) is 0 Å². The number of rotatable bonds is 5. The number of nitrogens with zero attached hydrogens (tertiary/aromatic N) is 1. The molecule has 2 N–H and O–H groups in total. The summed E-state index contributed by atoms with van der Waals surface area (Å²) in [5.41, 5.74) is 5.51. The lowest BCUT2D eigenvalue weighted by atomic mass is 10.3. The summed E-state index contributed by atoms with van der Waals surface area (Å²) in [6.45, 7) is -0.500. The van der Waals surface area contributed by atoms with Gasteiger partial charge in [-0.3, -0.25) is 9.10 Å². The maximum atomic E-state index is 13.0. The Morgan fingerprint density at radius 1 is 1.14 bits per heavy atom. The smallest absolute Gasteiger partial charge is 0.264 e. The van der Waals surface area contributed by atoms with Crippen molar-refractivity contribution in [3.8, 4) is 0 Å². The average Bonchev–Trinajstić information content (AvgIpc) is 2.46. The lowest BCUT2D eigenvalue weighted by Crippen LogP contribution is -2.39. The summed E-state index contributed by atoms with van der Waals surface area (Å²) in [4.78, 5) is 11.2. The first kappa shape index (κ1) is 16.7. The Kier molecular flexibility index (Phi) is 5.01. The maximum Gasteiger partial charge on any atom is 0.264 e. The first-order valence-corrected chi connectivity index (χ1v) is 8.65. The van der Waals surface area contributed by atoms with Gasteiger partial charge in [-0.05, 0) is 59.0 Å². The van der Waals surface area contributed by atoms with E-state index in [4.69, 9.17) is 5.73 Å². The van der Waals surface area contributed by atoms with Crippen molar-refractivity contribution in [2.45, 2.75) is 4.90 Å². The number of nitrogens with two attached hydrogens (primary N) is 1.